The van der Waals surface area contributed by atoms with Crippen LogP contribution in [0.15, 0.2) is 0 Å². The minimum atomic E-state index is -0.107. The van der Waals surface area contributed by atoms with Crippen molar-refractivity contribution in [3.8, 4) is 0 Å². The Balaban J connectivity index is 3.58. The summed E-state index contributed by atoms with van der Waals surface area (Å²) in [6.45, 7) is 9.80. The highest BCUT2D eigenvalue weighted by Crippen LogP contribution is 2.07. The SMILES string of the molecule is CCOC(CN)COC(C)(C)C. The van der Waals surface area contributed by atoms with Crippen molar-refractivity contribution >= 4 is 0 Å². The summed E-state index contributed by atoms with van der Waals surface area (Å²) in [6.07, 6.45) is 0.0363. The van der Waals surface area contributed by atoms with Crippen LogP contribution in [0.4, 0.5) is 0 Å². The second-order valence-electron chi connectivity index (χ2n) is 3.74. The van der Waals surface area contributed by atoms with E-state index in [1.165, 1.54) is 0 Å². The third-order valence-electron chi connectivity index (χ3n) is 1.37. The molecule has 74 valence electrons. The lowest BCUT2D eigenvalue weighted by Gasteiger charge is -2.23. The Morgan fingerprint density at radius 2 is 1.92 bits per heavy atom. The Hall–Kier alpha value is -0.120. The van der Waals surface area contributed by atoms with E-state index in [0.29, 0.717) is 19.8 Å². The molecule has 3 nitrogen and oxygen atoms in total. The zero-order valence-electron chi connectivity index (χ0n) is 8.59. The summed E-state index contributed by atoms with van der Waals surface area (Å²) in [5.41, 5.74) is 5.38. The molecule has 0 aliphatic heterocycles. The van der Waals surface area contributed by atoms with Gasteiger partial charge in [-0.05, 0) is 27.7 Å². The van der Waals surface area contributed by atoms with E-state index in [4.69, 9.17) is 15.2 Å². The van der Waals surface area contributed by atoms with Gasteiger partial charge in [-0.15, -0.1) is 0 Å². The Morgan fingerprint density at radius 1 is 1.33 bits per heavy atom. The molecule has 12 heavy (non-hydrogen) atoms. The summed E-state index contributed by atoms with van der Waals surface area (Å²) >= 11 is 0. The molecule has 2 N–H and O–H groups in total. The van der Waals surface area contributed by atoms with E-state index in [0.717, 1.165) is 0 Å². The van der Waals surface area contributed by atoms with Crippen molar-refractivity contribution in [1.82, 2.24) is 0 Å². The molecule has 0 spiro atoms. The third-order valence-corrected chi connectivity index (χ3v) is 1.37. The standard InChI is InChI=1S/C9H21NO2/c1-5-11-8(6-10)7-12-9(2,3)4/h8H,5-7,10H2,1-4H3. The van der Waals surface area contributed by atoms with Gasteiger partial charge in [0.05, 0.1) is 18.3 Å². The Bertz CT molecular complexity index is 110. The first kappa shape index (κ1) is 11.9. The molecule has 0 aliphatic rings. The highest BCUT2D eigenvalue weighted by molar-refractivity contribution is 4.63. The van der Waals surface area contributed by atoms with Crippen molar-refractivity contribution in [3.63, 3.8) is 0 Å². The molecule has 0 saturated heterocycles. The van der Waals surface area contributed by atoms with Crippen molar-refractivity contribution < 1.29 is 9.47 Å². The van der Waals surface area contributed by atoms with Crippen LogP contribution in [0.3, 0.4) is 0 Å². The van der Waals surface area contributed by atoms with Gasteiger partial charge in [0, 0.05) is 13.2 Å². The van der Waals surface area contributed by atoms with Gasteiger partial charge in [0.1, 0.15) is 0 Å². The van der Waals surface area contributed by atoms with Gasteiger partial charge < -0.3 is 15.2 Å². The lowest BCUT2D eigenvalue weighted by molar-refractivity contribution is -0.0668. The first-order valence-electron chi connectivity index (χ1n) is 4.45. The quantitative estimate of drug-likeness (QED) is 0.682. The van der Waals surface area contributed by atoms with Gasteiger partial charge in [-0.3, -0.25) is 0 Å². The number of hydrogen-bond acceptors (Lipinski definition) is 3. The van der Waals surface area contributed by atoms with E-state index in [1.54, 1.807) is 0 Å². The van der Waals surface area contributed by atoms with Crippen LogP contribution in [0.25, 0.3) is 0 Å². The van der Waals surface area contributed by atoms with E-state index in [9.17, 15) is 0 Å². The van der Waals surface area contributed by atoms with Crippen LogP contribution in [0.5, 0.6) is 0 Å². The van der Waals surface area contributed by atoms with E-state index < -0.39 is 0 Å². The van der Waals surface area contributed by atoms with Gasteiger partial charge in [-0.25, -0.2) is 0 Å². The van der Waals surface area contributed by atoms with Crippen LogP contribution in [-0.4, -0.2) is 31.5 Å². The van der Waals surface area contributed by atoms with E-state index in [2.05, 4.69) is 0 Å². The topological polar surface area (TPSA) is 44.5 Å². The molecule has 0 amide bonds. The van der Waals surface area contributed by atoms with Crippen LogP contribution in [0.2, 0.25) is 0 Å². The van der Waals surface area contributed by atoms with E-state index in [1.807, 2.05) is 27.7 Å². The van der Waals surface area contributed by atoms with Gasteiger partial charge in [0.25, 0.3) is 0 Å². The minimum absolute atomic E-state index is 0.0363. The number of nitrogens with two attached hydrogens (primary N) is 1. The monoisotopic (exact) mass is 175 g/mol. The lowest BCUT2D eigenvalue weighted by Crippen LogP contribution is -2.33. The van der Waals surface area contributed by atoms with Gasteiger partial charge in [0.2, 0.25) is 0 Å². The second-order valence-corrected chi connectivity index (χ2v) is 3.74. The fourth-order valence-corrected chi connectivity index (χ4v) is 0.763. The Morgan fingerprint density at radius 3 is 2.25 bits per heavy atom. The first-order valence-corrected chi connectivity index (χ1v) is 4.45. The molecule has 0 fully saturated rings. The molecule has 1 atom stereocenters. The number of rotatable bonds is 5. The van der Waals surface area contributed by atoms with Crippen LogP contribution in [0.1, 0.15) is 27.7 Å². The summed E-state index contributed by atoms with van der Waals surface area (Å²) in [4.78, 5) is 0. The third kappa shape index (κ3) is 6.58. The van der Waals surface area contributed by atoms with Gasteiger partial charge in [-0.2, -0.15) is 0 Å². The van der Waals surface area contributed by atoms with Crippen molar-refractivity contribution in [1.29, 1.82) is 0 Å². The van der Waals surface area contributed by atoms with Crippen molar-refractivity contribution in [3.05, 3.63) is 0 Å². The van der Waals surface area contributed by atoms with Crippen molar-refractivity contribution in [2.45, 2.75) is 39.4 Å². The zero-order chi connectivity index (χ0) is 9.61. The van der Waals surface area contributed by atoms with E-state index >= 15 is 0 Å². The van der Waals surface area contributed by atoms with Crippen molar-refractivity contribution in [2.24, 2.45) is 5.73 Å². The largest absolute Gasteiger partial charge is 0.375 e. The summed E-state index contributed by atoms with van der Waals surface area (Å²) in [7, 11) is 0. The Kier molecular flexibility index (Phi) is 5.46. The summed E-state index contributed by atoms with van der Waals surface area (Å²) < 4.78 is 10.9. The van der Waals surface area contributed by atoms with Crippen LogP contribution < -0.4 is 5.73 Å². The smallest absolute Gasteiger partial charge is 0.0930 e. The van der Waals surface area contributed by atoms with Gasteiger partial charge in [-0.1, -0.05) is 0 Å². The maximum Gasteiger partial charge on any atom is 0.0930 e. The molecule has 0 radical (unpaired) electrons. The molecule has 3 heteroatoms. The molecule has 0 rings (SSSR count). The molecule has 0 aromatic heterocycles. The zero-order valence-corrected chi connectivity index (χ0v) is 8.59. The number of hydrogen-bond donors (Lipinski definition) is 1. The molecule has 0 bridgehead atoms. The average molecular weight is 175 g/mol. The van der Waals surface area contributed by atoms with Crippen LogP contribution in [0, 0.1) is 0 Å². The highest BCUT2D eigenvalue weighted by Gasteiger charge is 2.14. The Labute approximate surface area is 75.2 Å². The summed E-state index contributed by atoms with van der Waals surface area (Å²) in [5, 5.41) is 0. The molecular formula is C9H21NO2. The minimum Gasteiger partial charge on any atom is -0.375 e. The molecule has 0 aliphatic carbocycles. The van der Waals surface area contributed by atoms with Crippen LogP contribution in [-0.2, 0) is 9.47 Å². The summed E-state index contributed by atoms with van der Waals surface area (Å²) in [6, 6.07) is 0. The second kappa shape index (κ2) is 5.51. The summed E-state index contributed by atoms with van der Waals surface area (Å²) in [5.74, 6) is 0. The molecule has 1 unspecified atom stereocenters. The fraction of sp³-hybridized carbons (Fsp3) is 1.00. The molecular weight excluding hydrogens is 154 g/mol. The predicted octanol–water partition coefficient (Wildman–Crippen LogP) is 1.17. The van der Waals surface area contributed by atoms with Crippen LogP contribution >= 0.6 is 0 Å². The molecule has 0 saturated carbocycles. The molecule has 0 aromatic rings. The lowest BCUT2D eigenvalue weighted by atomic mass is 10.2. The number of ether oxygens (including phenoxy) is 2. The maximum atomic E-state index is 5.53. The van der Waals surface area contributed by atoms with Gasteiger partial charge in [0.15, 0.2) is 0 Å². The average Bonchev–Trinajstić information content (AvgIpc) is 1.96. The predicted molar refractivity (Wildman–Crippen MR) is 50.2 cm³/mol. The normalized spacial score (nSPS) is 14.8. The van der Waals surface area contributed by atoms with Crippen molar-refractivity contribution in [2.75, 3.05) is 19.8 Å². The maximum absolute atomic E-state index is 5.53. The molecule has 0 heterocycles. The van der Waals surface area contributed by atoms with E-state index in [-0.39, 0.29) is 11.7 Å². The molecule has 0 aromatic carbocycles. The van der Waals surface area contributed by atoms with Gasteiger partial charge >= 0.3 is 0 Å². The highest BCUT2D eigenvalue weighted by atomic mass is 16.5. The fourth-order valence-electron chi connectivity index (χ4n) is 0.763. The first-order chi connectivity index (χ1) is 5.49.